The van der Waals surface area contributed by atoms with Crippen LogP contribution in [0, 0.1) is 10.8 Å². The Morgan fingerprint density at radius 3 is 1.95 bits per heavy atom. The van der Waals surface area contributed by atoms with Crippen molar-refractivity contribution in [3.8, 4) is 5.75 Å². The number of carbonyl (C=O) groups excluding carboxylic acids is 2. The molecule has 0 fully saturated rings. The maximum Gasteiger partial charge on any atom is 0.162 e. The molecule has 2 aliphatic carbocycles. The molecular weight excluding hydrogens is 666 g/mol. The highest BCUT2D eigenvalue weighted by atomic mass is 79.9. The van der Waals surface area contributed by atoms with Gasteiger partial charge >= 0.3 is 0 Å². The quantitative estimate of drug-likeness (QED) is 0.257. The zero-order valence-electron chi connectivity index (χ0n) is 25.2. The fraction of sp³-hybridized carbons (Fsp3) is 0.351. The molecule has 0 amide bonds. The molecule has 4 nitrogen and oxygen atoms in total. The Kier molecular flexibility index (Phi) is 8.06. The second kappa shape index (κ2) is 11.5. The first-order chi connectivity index (χ1) is 20.4. The second-order valence-electron chi connectivity index (χ2n) is 13.7. The van der Waals surface area contributed by atoms with Gasteiger partial charge in [-0.1, -0.05) is 108 Å². The van der Waals surface area contributed by atoms with E-state index in [0.29, 0.717) is 31.7 Å². The first-order valence-corrected chi connectivity index (χ1v) is 16.5. The Balaban J connectivity index is 1.55. The molecule has 43 heavy (non-hydrogen) atoms. The molecule has 0 saturated heterocycles. The van der Waals surface area contributed by atoms with Crippen molar-refractivity contribution in [2.45, 2.75) is 72.4 Å². The van der Waals surface area contributed by atoms with Gasteiger partial charge in [-0.25, -0.2) is 0 Å². The zero-order chi connectivity index (χ0) is 30.5. The van der Waals surface area contributed by atoms with Crippen LogP contribution in [0.1, 0.15) is 76.0 Å². The van der Waals surface area contributed by atoms with Gasteiger partial charge in [0.05, 0.1) is 0 Å². The molecular formula is C37H37Br2NO3. The third-order valence-corrected chi connectivity index (χ3v) is 10.1. The highest BCUT2D eigenvalue weighted by Crippen LogP contribution is 2.56. The van der Waals surface area contributed by atoms with Gasteiger partial charge in [0, 0.05) is 67.9 Å². The molecule has 3 aliphatic rings. The minimum atomic E-state index is -0.476. The summed E-state index contributed by atoms with van der Waals surface area (Å²) in [6.07, 6.45) is 2.43. The average molecular weight is 704 g/mol. The van der Waals surface area contributed by atoms with Crippen LogP contribution in [0.15, 0.2) is 104 Å². The summed E-state index contributed by atoms with van der Waals surface area (Å²) in [5.74, 6) is 0.454. The summed E-state index contributed by atoms with van der Waals surface area (Å²) in [6.45, 7) is 9.70. The van der Waals surface area contributed by atoms with Gasteiger partial charge in [-0.3, -0.25) is 9.59 Å². The monoisotopic (exact) mass is 701 g/mol. The van der Waals surface area contributed by atoms with E-state index in [1.165, 1.54) is 0 Å². The minimum Gasteiger partial charge on any atom is -0.489 e. The lowest BCUT2D eigenvalue weighted by atomic mass is 9.63. The molecule has 6 heteroatoms. The number of benzene rings is 3. The predicted octanol–water partition coefficient (Wildman–Crippen LogP) is 9.68. The van der Waals surface area contributed by atoms with E-state index in [-0.39, 0.29) is 22.4 Å². The number of nitrogens with zero attached hydrogens (tertiary/aromatic N) is 1. The van der Waals surface area contributed by atoms with Crippen LogP contribution in [0.5, 0.6) is 5.75 Å². The Morgan fingerprint density at radius 1 is 0.767 bits per heavy atom. The zero-order valence-corrected chi connectivity index (χ0v) is 28.3. The smallest absolute Gasteiger partial charge is 0.162 e. The molecule has 0 aromatic heterocycles. The molecule has 3 aromatic carbocycles. The highest BCUT2D eigenvalue weighted by molar-refractivity contribution is 9.10. The molecule has 0 unspecified atom stereocenters. The summed E-state index contributed by atoms with van der Waals surface area (Å²) in [4.78, 5) is 30.9. The third-order valence-electron chi connectivity index (χ3n) is 8.83. The summed E-state index contributed by atoms with van der Waals surface area (Å²) >= 11 is 7.33. The van der Waals surface area contributed by atoms with E-state index in [1.54, 1.807) is 0 Å². The van der Waals surface area contributed by atoms with Gasteiger partial charge in [0.2, 0.25) is 0 Å². The Hall–Kier alpha value is -2.96. The number of allylic oxidation sites excluding steroid dienone is 4. The van der Waals surface area contributed by atoms with Crippen LogP contribution >= 0.6 is 31.9 Å². The van der Waals surface area contributed by atoms with Crippen molar-refractivity contribution in [1.29, 1.82) is 0 Å². The Labute approximate surface area is 271 Å². The number of ether oxygens (including phenoxy) is 1. The van der Waals surface area contributed by atoms with Crippen LogP contribution in [0.2, 0.25) is 0 Å². The van der Waals surface area contributed by atoms with E-state index in [9.17, 15) is 9.59 Å². The summed E-state index contributed by atoms with van der Waals surface area (Å²) in [5, 5.41) is 0. The van der Waals surface area contributed by atoms with Crippen molar-refractivity contribution in [3.05, 3.63) is 121 Å². The van der Waals surface area contributed by atoms with Gasteiger partial charge in [0.1, 0.15) is 12.4 Å². The van der Waals surface area contributed by atoms with Crippen LogP contribution in [-0.2, 0) is 22.7 Å². The summed E-state index contributed by atoms with van der Waals surface area (Å²) in [5.41, 5.74) is 6.30. The van der Waals surface area contributed by atoms with Crippen LogP contribution in [0.3, 0.4) is 0 Å². The highest BCUT2D eigenvalue weighted by Gasteiger charge is 2.49. The van der Waals surface area contributed by atoms with E-state index in [1.807, 2.05) is 48.5 Å². The summed E-state index contributed by atoms with van der Waals surface area (Å²) < 4.78 is 8.38. The van der Waals surface area contributed by atoms with Crippen LogP contribution < -0.4 is 4.74 Å². The standard InChI is InChI=1S/C37H37Br2NO3/c1-36(2)17-28-34(30(41)19-36)33(26-16-25(38)14-15-32(26)43-22-24-12-8-9-13-27(24)39)35-29(18-37(3,4)20-31(35)42)40(28)21-23-10-6-5-7-11-23/h5-16,33H,17-22H2,1-4H3. The Morgan fingerprint density at radius 2 is 1.35 bits per heavy atom. The molecule has 0 atom stereocenters. The largest absolute Gasteiger partial charge is 0.489 e. The maximum absolute atomic E-state index is 14.3. The predicted molar refractivity (Wildman–Crippen MR) is 177 cm³/mol. The third kappa shape index (κ3) is 6.06. The van der Waals surface area contributed by atoms with E-state index in [2.05, 4.69) is 88.7 Å². The molecule has 222 valence electrons. The lowest BCUT2D eigenvalue weighted by Gasteiger charge is -2.49. The van der Waals surface area contributed by atoms with Crippen molar-refractivity contribution in [3.63, 3.8) is 0 Å². The van der Waals surface area contributed by atoms with Gasteiger partial charge in [0.25, 0.3) is 0 Å². The number of hydrogen-bond donors (Lipinski definition) is 0. The van der Waals surface area contributed by atoms with E-state index >= 15 is 0 Å². The SMILES string of the molecule is CC1(C)CC(=O)C2=C(C1)N(Cc1ccccc1)C1=C(C(=O)CC(C)(C)C1)C2c1cc(Br)ccc1OCc1ccccc1Br. The van der Waals surface area contributed by atoms with Gasteiger partial charge in [0.15, 0.2) is 11.6 Å². The minimum absolute atomic E-state index is 0.121. The number of rotatable bonds is 6. The first-order valence-electron chi connectivity index (χ1n) is 14.9. The number of carbonyl (C=O) groups is 2. The molecule has 0 radical (unpaired) electrons. The van der Waals surface area contributed by atoms with E-state index in [4.69, 9.17) is 4.74 Å². The first kappa shape index (κ1) is 30.1. The maximum atomic E-state index is 14.3. The van der Waals surface area contributed by atoms with Gasteiger partial charge in [-0.15, -0.1) is 0 Å². The van der Waals surface area contributed by atoms with Crippen molar-refractivity contribution in [1.82, 2.24) is 4.90 Å². The molecule has 0 bridgehead atoms. The number of ketones is 2. The topological polar surface area (TPSA) is 46.6 Å². The molecule has 6 rings (SSSR count). The van der Waals surface area contributed by atoms with Crippen LogP contribution in [-0.4, -0.2) is 16.5 Å². The summed E-state index contributed by atoms with van der Waals surface area (Å²) in [7, 11) is 0. The number of hydrogen-bond acceptors (Lipinski definition) is 4. The lowest BCUT2D eigenvalue weighted by Crippen LogP contribution is -2.44. The molecule has 0 saturated carbocycles. The number of Topliss-reactive ketones (excluding diaryl/α,β-unsaturated/α-hetero) is 2. The van der Waals surface area contributed by atoms with Crippen LogP contribution in [0.25, 0.3) is 0 Å². The van der Waals surface area contributed by atoms with Gasteiger partial charge in [-0.05, 0) is 53.5 Å². The van der Waals surface area contributed by atoms with Crippen molar-refractivity contribution in [2.75, 3.05) is 0 Å². The Bertz CT molecular complexity index is 1610. The van der Waals surface area contributed by atoms with E-state index in [0.717, 1.165) is 61.0 Å². The lowest BCUT2D eigenvalue weighted by molar-refractivity contribution is -0.119. The molecule has 3 aromatic rings. The average Bonchev–Trinajstić information content (AvgIpc) is 2.93. The van der Waals surface area contributed by atoms with Crippen LogP contribution in [0.4, 0.5) is 0 Å². The molecule has 0 N–H and O–H groups in total. The fourth-order valence-electron chi connectivity index (χ4n) is 6.96. The molecule has 0 spiro atoms. The summed E-state index contributed by atoms with van der Waals surface area (Å²) in [6, 6.07) is 24.4. The van der Waals surface area contributed by atoms with Crippen molar-refractivity contribution < 1.29 is 14.3 Å². The molecule has 1 aliphatic heterocycles. The van der Waals surface area contributed by atoms with E-state index < -0.39 is 5.92 Å². The van der Waals surface area contributed by atoms with Crippen molar-refractivity contribution in [2.24, 2.45) is 10.8 Å². The molecule has 1 heterocycles. The normalized spacial score (nSPS) is 19.8. The van der Waals surface area contributed by atoms with Gasteiger partial charge < -0.3 is 9.64 Å². The van der Waals surface area contributed by atoms with Crippen molar-refractivity contribution >= 4 is 43.4 Å². The number of halogens is 2. The fourth-order valence-corrected chi connectivity index (χ4v) is 7.74. The second-order valence-corrected chi connectivity index (χ2v) is 15.4. The van der Waals surface area contributed by atoms with Gasteiger partial charge in [-0.2, -0.15) is 0 Å².